The molecule has 2 atom stereocenters. The van der Waals surface area contributed by atoms with Crippen molar-refractivity contribution in [2.24, 2.45) is 11.3 Å². The van der Waals surface area contributed by atoms with Crippen LogP contribution in [-0.4, -0.2) is 25.2 Å². The Labute approximate surface area is 98.9 Å². The van der Waals surface area contributed by atoms with Gasteiger partial charge in [-0.15, -0.1) is 0 Å². The molecule has 0 radical (unpaired) electrons. The largest absolute Gasteiger partial charge is 0.465 e. The van der Waals surface area contributed by atoms with Crippen molar-refractivity contribution in [3.05, 3.63) is 0 Å². The monoisotopic (exact) mass is 227 g/mol. The lowest BCUT2D eigenvalue weighted by Crippen LogP contribution is -2.39. The number of esters is 1. The van der Waals surface area contributed by atoms with Gasteiger partial charge in [0.1, 0.15) is 0 Å². The van der Waals surface area contributed by atoms with Gasteiger partial charge in [0, 0.05) is 6.04 Å². The SMILES string of the molecule is CC1CC(C(=O)OCCC(C)(C)C)CCN1. The zero-order valence-corrected chi connectivity index (χ0v) is 11.0. The first-order valence-electron chi connectivity index (χ1n) is 6.28. The molecule has 1 aliphatic rings. The third-order valence-electron chi connectivity index (χ3n) is 3.05. The van der Waals surface area contributed by atoms with Gasteiger partial charge in [-0.25, -0.2) is 0 Å². The van der Waals surface area contributed by atoms with E-state index >= 15 is 0 Å². The molecule has 0 amide bonds. The number of hydrogen-bond acceptors (Lipinski definition) is 3. The Morgan fingerprint density at radius 1 is 1.44 bits per heavy atom. The molecule has 1 N–H and O–H groups in total. The minimum absolute atomic E-state index is 0.00222. The van der Waals surface area contributed by atoms with Crippen molar-refractivity contribution in [3.8, 4) is 0 Å². The molecule has 1 saturated heterocycles. The van der Waals surface area contributed by atoms with Crippen LogP contribution >= 0.6 is 0 Å². The minimum Gasteiger partial charge on any atom is -0.465 e. The van der Waals surface area contributed by atoms with Gasteiger partial charge < -0.3 is 10.1 Å². The van der Waals surface area contributed by atoms with Crippen LogP contribution in [0.4, 0.5) is 0 Å². The molecule has 0 bridgehead atoms. The van der Waals surface area contributed by atoms with Crippen molar-refractivity contribution in [3.63, 3.8) is 0 Å². The average Bonchev–Trinajstić information content (AvgIpc) is 2.15. The van der Waals surface area contributed by atoms with Gasteiger partial charge >= 0.3 is 5.97 Å². The minimum atomic E-state index is -0.00222. The normalized spacial score (nSPS) is 26.5. The summed E-state index contributed by atoms with van der Waals surface area (Å²) in [5.41, 5.74) is 0.238. The predicted octanol–water partition coefficient (Wildman–Crippen LogP) is 2.35. The molecule has 1 rings (SSSR count). The number of piperidine rings is 1. The number of rotatable bonds is 3. The maximum absolute atomic E-state index is 11.8. The Kier molecular flexibility index (Phi) is 4.78. The standard InChI is InChI=1S/C13H25NO2/c1-10-9-11(5-7-14-10)12(15)16-8-6-13(2,3)4/h10-11,14H,5-9H2,1-4H3. The number of hydrogen-bond donors (Lipinski definition) is 1. The van der Waals surface area contributed by atoms with E-state index in [9.17, 15) is 4.79 Å². The molecule has 1 aliphatic heterocycles. The van der Waals surface area contributed by atoms with Crippen molar-refractivity contribution in [2.75, 3.05) is 13.2 Å². The maximum Gasteiger partial charge on any atom is 0.309 e. The molecule has 0 aromatic rings. The number of carbonyl (C=O) groups is 1. The highest BCUT2D eigenvalue weighted by atomic mass is 16.5. The maximum atomic E-state index is 11.8. The van der Waals surface area contributed by atoms with Crippen molar-refractivity contribution >= 4 is 5.97 Å². The Bertz CT molecular complexity index is 233. The van der Waals surface area contributed by atoms with Gasteiger partial charge in [0.05, 0.1) is 12.5 Å². The van der Waals surface area contributed by atoms with E-state index in [1.54, 1.807) is 0 Å². The summed E-state index contributed by atoms with van der Waals surface area (Å²) in [5.74, 6) is 0.105. The Hall–Kier alpha value is -0.570. The van der Waals surface area contributed by atoms with Gasteiger partial charge in [-0.2, -0.15) is 0 Å². The molecular weight excluding hydrogens is 202 g/mol. The van der Waals surface area contributed by atoms with E-state index in [0.717, 1.165) is 25.8 Å². The fourth-order valence-corrected chi connectivity index (χ4v) is 1.92. The van der Waals surface area contributed by atoms with E-state index < -0.39 is 0 Å². The number of carbonyl (C=O) groups excluding carboxylic acids is 1. The molecule has 0 spiro atoms. The van der Waals surface area contributed by atoms with Crippen LogP contribution in [0.1, 0.15) is 47.0 Å². The molecule has 0 saturated carbocycles. The quantitative estimate of drug-likeness (QED) is 0.752. The van der Waals surface area contributed by atoms with Crippen LogP contribution in [-0.2, 0) is 9.53 Å². The summed E-state index contributed by atoms with van der Waals surface area (Å²) in [6, 6.07) is 0.439. The highest BCUT2D eigenvalue weighted by Crippen LogP contribution is 2.20. The average molecular weight is 227 g/mol. The highest BCUT2D eigenvalue weighted by molar-refractivity contribution is 5.72. The molecule has 0 aromatic heterocycles. The van der Waals surface area contributed by atoms with Crippen LogP contribution < -0.4 is 5.32 Å². The van der Waals surface area contributed by atoms with Gasteiger partial charge in [-0.1, -0.05) is 20.8 Å². The summed E-state index contributed by atoms with van der Waals surface area (Å²) in [6.45, 7) is 10.1. The Balaban J connectivity index is 2.24. The van der Waals surface area contributed by atoms with E-state index in [-0.39, 0.29) is 17.3 Å². The third-order valence-corrected chi connectivity index (χ3v) is 3.05. The summed E-state index contributed by atoms with van der Waals surface area (Å²) >= 11 is 0. The topological polar surface area (TPSA) is 38.3 Å². The fraction of sp³-hybridized carbons (Fsp3) is 0.923. The third kappa shape index (κ3) is 4.97. The summed E-state index contributed by atoms with van der Waals surface area (Å²) in [5, 5.41) is 3.34. The zero-order valence-electron chi connectivity index (χ0n) is 11.0. The zero-order chi connectivity index (χ0) is 12.2. The molecule has 0 aromatic carbocycles. The van der Waals surface area contributed by atoms with E-state index in [0.29, 0.717) is 12.6 Å². The van der Waals surface area contributed by atoms with E-state index in [1.165, 1.54) is 0 Å². The molecule has 2 unspecified atom stereocenters. The van der Waals surface area contributed by atoms with Crippen LogP contribution in [0.25, 0.3) is 0 Å². The first kappa shape index (κ1) is 13.5. The first-order valence-corrected chi connectivity index (χ1v) is 6.28. The second-order valence-electron chi connectivity index (χ2n) is 6.05. The summed E-state index contributed by atoms with van der Waals surface area (Å²) in [7, 11) is 0. The van der Waals surface area contributed by atoms with Gasteiger partial charge in [0.2, 0.25) is 0 Å². The van der Waals surface area contributed by atoms with Crippen molar-refractivity contribution in [1.29, 1.82) is 0 Å². The van der Waals surface area contributed by atoms with Gasteiger partial charge in [0.25, 0.3) is 0 Å². The lowest BCUT2D eigenvalue weighted by atomic mass is 9.92. The Morgan fingerprint density at radius 3 is 2.69 bits per heavy atom. The van der Waals surface area contributed by atoms with Crippen molar-refractivity contribution < 1.29 is 9.53 Å². The molecular formula is C13H25NO2. The fourth-order valence-electron chi connectivity index (χ4n) is 1.92. The Morgan fingerprint density at radius 2 is 2.12 bits per heavy atom. The predicted molar refractivity (Wildman–Crippen MR) is 65.2 cm³/mol. The second kappa shape index (κ2) is 5.67. The van der Waals surface area contributed by atoms with Crippen molar-refractivity contribution in [1.82, 2.24) is 5.32 Å². The van der Waals surface area contributed by atoms with E-state index in [1.807, 2.05) is 0 Å². The summed E-state index contributed by atoms with van der Waals surface area (Å²) in [4.78, 5) is 11.8. The highest BCUT2D eigenvalue weighted by Gasteiger charge is 2.26. The van der Waals surface area contributed by atoms with Crippen LogP contribution in [0, 0.1) is 11.3 Å². The molecule has 1 heterocycles. The van der Waals surface area contributed by atoms with Gasteiger partial charge in [0.15, 0.2) is 0 Å². The van der Waals surface area contributed by atoms with Crippen LogP contribution in [0.3, 0.4) is 0 Å². The molecule has 3 heteroatoms. The van der Waals surface area contributed by atoms with E-state index in [4.69, 9.17) is 4.74 Å². The van der Waals surface area contributed by atoms with Crippen LogP contribution in [0.5, 0.6) is 0 Å². The molecule has 1 fully saturated rings. The molecule has 16 heavy (non-hydrogen) atoms. The number of nitrogens with one attached hydrogen (secondary N) is 1. The van der Waals surface area contributed by atoms with Crippen molar-refractivity contribution in [2.45, 2.75) is 53.0 Å². The van der Waals surface area contributed by atoms with E-state index in [2.05, 4.69) is 33.0 Å². The first-order chi connectivity index (χ1) is 7.38. The summed E-state index contributed by atoms with van der Waals surface area (Å²) in [6.07, 6.45) is 2.76. The molecule has 94 valence electrons. The smallest absolute Gasteiger partial charge is 0.309 e. The van der Waals surface area contributed by atoms with Gasteiger partial charge in [-0.05, 0) is 38.1 Å². The van der Waals surface area contributed by atoms with Crippen LogP contribution in [0.2, 0.25) is 0 Å². The molecule has 0 aliphatic carbocycles. The van der Waals surface area contributed by atoms with Gasteiger partial charge in [-0.3, -0.25) is 4.79 Å². The van der Waals surface area contributed by atoms with Crippen LogP contribution in [0.15, 0.2) is 0 Å². The molecule has 3 nitrogen and oxygen atoms in total. The second-order valence-corrected chi connectivity index (χ2v) is 6.05. The number of ether oxygens (including phenoxy) is 1. The summed E-state index contributed by atoms with van der Waals surface area (Å²) < 4.78 is 5.34. The lowest BCUT2D eigenvalue weighted by molar-refractivity contribution is -0.150. The lowest BCUT2D eigenvalue weighted by Gasteiger charge is -2.27.